The molecule has 0 spiro atoms. The molecular formula is C29H34N2O3S. The summed E-state index contributed by atoms with van der Waals surface area (Å²) in [4.78, 5) is 13.3. The zero-order valence-electron chi connectivity index (χ0n) is 20.7. The summed E-state index contributed by atoms with van der Waals surface area (Å²) in [6.45, 7) is 5.81. The fourth-order valence-corrected chi connectivity index (χ4v) is 6.03. The van der Waals surface area contributed by atoms with Crippen molar-refractivity contribution in [1.29, 1.82) is 0 Å². The molecule has 0 fully saturated rings. The van der Waals surface area contributed by atoms with E-state index in [0.29, 0.717) is 11.6 Å². The molecule has 0 bridgehead atoms. The molecule has 0 heterocycles. The highest BCUT2D eigenvalue weighted by Crippen LogP contribution is 2.27. The van der Waals surface area contributed by atoms with Crippen LogP contribution in [0.1, 0.15) is 67.8 Å². The van der Waals surface area contributed by atoms with Crippen molar-refractivity contribution in [2.75, 3.05) is 10.8 Å². The van der Waals surface area contributed by atoms with Crippen LogP contribution in [0.15, 0.2) is 77.7 Å². The van der Waals surface area contributed by atoms with E-state index in [9.17, 15) is 13.2 Å². The third-order valence-corrected chi connectivity index (χ3v) is 8.50. The second-order valence-electron chi connectivity index (χ2n) is 9.60. The van der Waals surface area contributed by atoms with Crippen molar-refractivity contribution >= 4 is 21.6 Å². The molecule has 6 heteroatoms. The Bertz CT molecular complexity index is 1270. The van der Waals surface area contributed by atoms with Crippen LogP contribution in [0.25, 0.3) is 0 Å². The number of carbonyl (C=O) groups excluding carboxylic acids is 1. The van der Waals surface area contributed by atoms with E-state index >= 15 is 0 Å². The van der Waals surface area contributed by atoms with Crippen molar-refractivity contribution in [3.8, 4) is 0 Å². The monoisotopic (exact) mass is 490 g/mol. The molecule has 0 unspecified atom stereocenters. The maximum absolute atomic E-state index is 13.5. The minimum absolute atomic E-state index is 0.156. The molecule has 3 aromatic rings. The summed E-state index contributed by atoms with van der Waals surface area (Å²) in [7, 11) is -3.92. The van der Waals surface area contributed by atoms with Crippen LogP contribution in [-0.2, 0) is 27.7 Å². The van der Waals surface area contributed by atoms with Gasteiger partial charge in [0.25, 0.3) is 10.0 Å². The van der Waals surface area contributed by atoms with Crippen molar-refractivity contribution in [2.24, 2.45) is 0 Å². The molecule has 1 aliphatic rings. The minimum atomic E-state index is -3.92. The lowest BCUT2D eigenvalue weighted by Crippen LogP contribution is -2.41. The maximum atomic E-state index is 13.5. The summed E-state index contributed by atoms with van der Waals surface area (Å²) in [6, 6.07) is 21.8. The van der Waals surface area contributed by atoms with E-state index in [1.807, 2.05) is 19.1 Å². The fourth-order valence-electron chi connectivity index (χ4n) is 4.58. The van der Waals surface area contributed by atoms with E-state index in [4.69, 9.17) is 0 Å². The fraction of sp³-hybridized carbons (Fsp3) is 0.345. The molecule has 3 aromatic carbocycles. The van der Waals surface area contributed by atoms with Crippen molar-refractivity contribution in [3.63, 3.8) is 0 Å². The number of sulfonamides is 1. The van der Waals surface area contributed by atoms with E-state index in [-0.39, 0.29) is 23.4 Å². The lowest BCUT2D eigenvalue weighted by molar-refractivity contribution is -0.120. The van der Waals surface area contributed by atoms with Crippen LogP contribution in [0.4, 0.5) is 5.69 Å². The van der Waals surface area contributed by atoms with Gasteiger partial charge in [0.2, 0.25) is 5.91 Å². The molecule has 0 saturated carbocycles. The van der Waals surface area contributed by atoms with Crippen LogP contribution >= 0.6 is 0 Å². The van der Waals surface area contributed by atoms with Gasteiger partial charge in [-0.15, -0.1) is 0 Å². The van der Waals surface area contributed by atoms with Gasteiger partial charge in [-0.1, -0.05) is 62.4 Å². The Balaban J connectivity index is 1.57. The first-order valence-corrected chi connectivity index (χ1v) is 13.8. The highest BCUT2D eigenvalue weighted by atomic mass is 32.2. The topological polar surface area (TPSA) is 66.5 Å². The molecule has 1 atom stereocenters. The Hall–Kier alpha value is -3.12. The highest BCUT2D eigenvalue weighted by molar-refractivity contribution is 7.92. The van der Waals surface area contributed by atoms with Gasteiger partial charge in [-0.25, -0.2) is 8.42 Å². The van der Waals surface area contributed by atoms with Crippen molar-refractivity contribution < 1.29 is 13.2 Å². The first kappa shape index (κ1) is 25.0. The number of anilines is 1. The zero-order chi connectivity index (χ0) is 25.0. The Morgan fingerprint density at radius 1 is 0.857 bits per heavy atom. The summed E-state index contributed by atoms with van der Waals surface area (Å²) in [5.74, 6) is -0.0216. The summed E-state index contributed by atoms with van der Waals surface area (Å²) >= 11 is 0. The average molecular weight is 491 g/mol. The number of nitrogens with one attached hydrogen (secondary N) is 1. The zero-order valence-corrected chi connectivity index (χ0v) is 21.5. The SMILES string of the molecule is CC(C)c1ccc(N(CC(=O)N[C@H](C)c2ccc3c(c2)CCCC3)S(=O)(=O)c2ccccc2)cc1. The molecule has 0 aromatic heterocycles. The number of rotatable bonds is 8. The predicted molar refractivity (Wildman–Crippen MR) is 141 cm³/mol. The van der Waals surface area contributed by atoms with Gasteiger partial charge in [-0.05, 0) is 85.0 Å². The van der Waals surface area contributed by atoms with Crippen LogP contribution in [0.2, 0.25) is 0 Å². The predicted octanol–water partition coefficient (Wildman–Crippen LogP) is 5.76. The maximum Gasteiger partial charge on any atom is 0.264 e. The third kappa shape index (κ3) is 5.76. The van der Waals surface area contributed by atoms with Gasteiger partial charge < -0.3 is 5.32 Å². The number of nitrogens with zero attached hydrogens (tertiary/aromatic N) is 1. The van der Waals surface area contributed by atoms with Crippen LogP contribution in [0.5, 0.6) is 0 Å². The molecule has 1 aliphatic carbocycles. The second kappa shape index (κ2) is 10.6. The smallest absolute Gasteiger partial charge is 0.264 e. The largest absolute Gasteiger partial charge is 0.348 e. The van der Waals surface area contributed by atoms with Crippen LogP contribution in [0, 0.1) is 0 Å². The standard InChI is InChI=1S/C29H34N2O3S/c1-21(2)23-15-17-27(18-16-23)31(35(33,34)28-11-5-4-6-12-28)20-29(32)30-22(3)25-14-13-24-9-7-8-10-26(24)19-25/h4-6,11-19,21-22H,7-10,20H2,1-3H3,(H,30,32)/t22-/m1/s1. The van der Waals surface area contributed by atoms with E-state index in [1.54, 1.807) is 42.5 Å². The molecule has 0 saturated heterocycles. The molecule has 35 heavy (non-hydrogen) atoms. The average Bonchev–Trinajstić information content (AvgIpc) is 2.87. The lowest BCUT2D eigenvalue weighted by Gasteiger charge is -2.26. The van der Waals surface area contributed by atoms with Crippen LogP contribution < -0.4 is 9.62 Å². The summed E-state index contributed by atoms with van der Waals surface area (Å²) in [6.07, 6.45) is 4.60. The van der Waals surface area contributed by atoms with E-state index in [2.05, 4.69) is 37.4 Å². The van der Waals surface area contributed by atoms with Gasteiger partial charge in [0, 0.05) is 0 Å². The van der Waals surface area contributed by atoms with Gasteiger partial charge in [0.1, 0.15) is 6.54 Å². The van der Waals surface area contributed by atoms with E-state index < -0.39 is 10.0 Å². The first-order valence-electron chi connectivity index (χ1n) is 12.3. The number of amides is 1. The second-order valence-corrected chi connectivity index (χ2v) is 11.5. The van der Waals surface area contributed by atoms with Crippen molar-refractivity contribution in [2.45, 2.75) is 63.3 Å². The Morgan fingerprint density at radius 2 is 1.49 bits per heavy atom. The molecular weight excluding hydrogens is 456 g/mol. The Labute approximate surface area is 209 Å². The number of benzene rings is 3. The highest BCUT2D eigenvalue weighted by Gasteiger charge is 2.28. The number of fused-ring (bicyclic) bond motifs is 1. The molecule has 4 rings (SSSR count). The van der Waals surface area contributed by atoms with Crippen LogP contribution in [-0.4, -0.2) is 20.9 Å². The molecule has 0 aliphatic heterocycles. The normalized spacial score (nSPS) is 14.3. The first-order chi connectivity index (χ1) is 16.8. The molecule has 1 amide bonds. The van der Waals surface area contributed by atoms with Crippen molar-refractivity contribution in [3.05, 3.63) is 95.1 Å². The minimum Gasteiger partial charge on any atom is -0.348 e. The van der Waals surface area contributed by atoms with Gasteiger partial charge in [0.05, 0.1) is 16.6 Å². The van der Waals surface area contributed by atoms with Gasteiger partial charge in [0.15, 0.2) is 0 Å². The van der Waals surface area contributed by atoms with E-state index in [0.717, 1.165) is 24.0 Å². The summed E-state index contributed by atoms with van der Waals surface area (Å²) in [5, 5.41) is 3.01. The third-order valence-electron chi connectivity index (χ3n) is 6.72. The summed E-state index contributed by atoms with van der Waals surface area (Å²) < 4.78 is 28.3. The lowest BCUT2D eigenvalue weighted by atomic mass is 9.89. The molecule has 5 nitrogen and oxygen atoms in total. The number of aryl methyl sites for hydroxylation is 2. The van der Waals surface area contributed by atoms with Crippen LogP contribution in [0.3, 0.4) is 0 Å². The number of hydrogen-bond acceptors (Lipinski definition) is 3. The number of carbonyl (C=O) groups is 1. The van der Waals surface area contributed by atoms with Crippen molar-refractivity contribution in [1.82, 2.24) is 5.32 Å². The Morgan fingerprint density at radius 3 is 2.14 bits per heavy atom. The molecule has 1 N–H and O–H groups in total. The Kier molecular flexibility index (Phi) is 7.60. The quantitative estimate of drug-likeness (QED) is 0.436. The molecule has 184 valence electrons. The van der Waals surface area contributed by atoms with E-state index in [1.165, 1.54) is 28.3 Å². The number of hydrogen-bond donors (Lipinski definition) is 1. The van der Waals surface area contributed by atoms with Gasteiger partial charge >= 0.3 is 0 Å². The van der Waals surface area contributed by atoms with Gasteiger partial charge in [-0.3, -0.25) is 9.10 Å². The van der Waals surface area contributed by atoms with Gasteiger partial charge in [-0.2, -0.15) is 0 Å². The molecule has 0 radical (unpaired) electrons. The summed E-state index contributed by atoms with van der Waals surface area (Å²) in [5.41, 5.74) is 5.36.